The van der Waals surface area contributed by atoms with Crippen molar-refractivity contribution < 1.29 is 18.0 Å². The Bertz CT molecular complexity index is 811. The molecule has 0 fully saturated rings. The van der Waals surface area contributed by atoms with Crippen molar-refractivity contribution in [2.24, 2.45) is 0 Å². The van der Waals surface area contributed by atoms with Gasteiger partial charge in [0.15, 0.2) is 5.76 Å². The zero-order valence-corrected chi connectivity index (χ0v) is 12.5. The first-order valence-electron chi connectivity index (χ1n) is 6.84. The number of hydrogen-bond acceptors (Lipinski definition) is 5. The van der Waals surface area contributed by atoms with Crippen LogP contribution in [0.2, 0.25) is 0 Å². The van der Waals surface area contributed by atoms with Gasteiger partial charge in [-0.2, -0.15) is 8.78 Å². The van der Waals surface area contributed by atoms with Gasteiger partial charge in [-0.1, -0.05) is 5.16 Å². The molecule has 0 saturated heterocycles. The van der Waals surface area contributed by atoms with Gasteiger partial charge in [0.2, 0.25) is 5.88 Å². The Kier molecular flexibility index (Phi) is 3.77. The Hall–Kier alpha value is -2.83. The van der Waals surface area contributed by atoms with Crippen LogP contribution >= 0.6 is 0 Å². The van der Waals surface area contributed by atoms with E-state index < -0.39 is 5.92 Å². The lowest BCUT2D eigenvalue weighted by Crippen LogP contribution is -2.09. The van der Waals surface area contributed by atoms with E-state index in [0.29, 0.717) is 17.1 Å². The highest BCUT2D eigenvalue weighted by Gasteiger charge is 2.25. The van der Waals surface area contributed by atoms with Gasteiger partial charge in [-0.15, -0.1) is 0 Å². The smallest absolute Gasteiger partial charge is 0.286 e. The van der Waals surface area contributed by atoms with E-state index in [9.17, 15) is 8.78 Å². The zero-order chi connectivity index (χ0) is 16.4. The van der Waals surface area contributed by atoms with Crippen molar-refractivity contribution in [2.45, 2.75) is 19.8 Å². The van der Waals surface area contributed by atoms with Crippen molar-refractivity contribution in [3.05, 3.63) is 54.1 Å². The highest BCUT2D eigenvalue weighted by Crippen LogP contribution is 2.32. The molecule has 3 aromatic rings. The largest absolute Gasteiger partial charge is 0.437 e. The molecule has 3 heterocycles. The van der Waals surface area contributed by atoms with Gasteiger partial charge in [-0.05, 0) is 31.2 Å². The normalized spacial score (nSPS) is 11.5. The fourth-order valence-corrected chi connectivity index (χ4v) is 1.96. The van der Waals surface area contributed by atoms with Crippen molar-refractivity contribution in [2.75, 3.05) is 0 Å². The summed E-state index contributed by atoms with van der Waals surface area (Å²) in [7, 11) is 0. The van der Waals surface area contributed by atoms with Crippen LogP contribution in [0.25, 0.3) is 11.3 Å². The van der Waals surface area contributed by atoms with Crippen LogP contribution in [0.15, 0.2) is 47.2 Å². The lowest BCUT2D eigenvalue weighted by molar-refractivity contribution is 0.0127. The molecule has 0 saturated carbocycles. The number of hydrogen-bond donors (Lipinski definition) is 0. The van der Waals surface area contributed by atoms with E-state index in [1.54, 1.807) is 31.3 Å². The van der Waals surface area contributed by atoms with Gasteiger partial charge in [0.1, 0.15) is 11.4 Å². The van der Waals surface area contributed by atoms with Crippen molar-refractivity contribution >= 4 is 0 Å². The Morgan fingerprint density at radius 1 is 1.17 bits per heavy atom. The molecule has 3 rings (SSSR count). The number of rotatable bonds is 4. The second kappa shape index (κ2) is 5.75. The van der Waals surface area contributed by atoms with Crippen LogP contribution in [0.1, 0.15) is 18.3 Å². The molecule has 0 amide bonds. The second-order valence-electron chi connectivity index (χ2n) is 5.06. The van der Waals surface area contributed by atoms with E-state index in [1.165, 1.54) is 18.3 Å². The summed E-state index contributed by atoms with van der Waals surface area (Å²) in [4.78, 5) is 7.86. The second-order valence-corrected chi connectivity index (χ2v) is 5.06. The van der Waals surface area contributed by atoms with E-state index in [-0.39, 0.29) is 11.6 Å². The Labute approximate surface area is 130 Å². The minimum atomic E-state index is -2.99. The summed E-state index contributed by atoms with van der Waals surface area (Å²) < 4.78 is 37.2. The summed E-state index contributed by atoms with van der Waals surface area (Å²) in [5.41, 5.74) is 1.01. The van der Waals surface area contributed by atoms with Gasteiger partial charge >= 0.3 is 0 Å². The Morgan fingerprint density at radius 2 is 2.00 bits per heavy atom. The molecular formula is C16H13F2N3O2. The Balaban J connectivity index is 1.89. The first-order chi connectivity index (χ1) is 10.9. The zero-order valence-electron chi connectivity index (χ0n) is 12.5. The molecule has 0 spiro atoms. The Morgan fingerprint density at radius 3 is 2.61 bits per heavy atom. The van der Waals surface area contributed by atoms with Crippen molar-refractivity contribution in [3.8, 4) is 23.0 Å². The molecule has 23 heavy (non-hydrogen) atoms. The van der Waals surface area contributed by atoms with Crippen LogP contribution in [0.3, 0.4) is 0 Å². The molecular weight excluding hydrogens is 304 g/mol. The summed E-state index contributed by atoms with van der Waals surface area (Å²) in [6, 6.07) is 7.90. The van der Waals surface area contributed by atoms with E-state index in [4.69, 9.17) is 9.26 Å². The molecule has 0 atom stereocenters. The van der Waals surface area contributed by atoms with Crippen molar-refractivity contribution in [1.82, 2.24) is 15.1 Å². The van der Waals surface area contributed by atoms with Gasteiger partial charge < -0.3 is 9.26 Å². The SMILES string of the molecule is Cc1cc(-c2cccnc2Oc2ccc(C(C)(F)F)nc2)on1. The molecule has 0 bridgehead atoms. The number of aryl methyl sites for hydroxylation is 1. The molecule has 0 unspecified atom stereocenters. The highest BCUT2D eigenvalue weighted by atomic mass is 19.3. The molecule has 0 radical (unpaired) electrons. The molecule has 0 aliphatic rings. The fraction of sp³-hybridized carbons (Fsp3) is 0.188. The van der Waals surface area contributed by atoms with Gasteiger partial charge in [-0.3, -0.25) is 4.98 Å². The molecule has 7 heteroatoms. The third kappa shape index (κ3) is 3.33. The third-order valence-corrected chi connectivity index (χ3v) is 3.07. The summed E-state index contributed by atoms with van der Waals surface area (Å²) in [6.07, 6.45) is 2.79. The highest BCUT2D eigenvalue weighted by molar-refractivity contribution is 5.63. The molecule has 0 aliphatic heterocycles. The minimum absolute atomic E-state index is 0.279. The monoisotopic (exact) mass is 317 g/mol. The fourth-order valence-electron chi connectivity index (χ4n) is 1.96. The van der Waals surface area contributed by atoms with E-state index in [1.807, 2.05) is 0 Å². The summed E-state index contributed by atoms with van der Waals surface area (Å²) in [5.74, 6) is -1.91. The first kappa shape index (κ1) is 15.1. The number of nitrogens with zero attached hydrogens (tertiary/aromatic N) is 3. The minimum Gasteiger partial charge on any atom is -0.437 e. The quantitative estimate of drug-likeness (QED) is 0.716. The maximum absolute atomic E-state index is 13.2. The average molecular weight is 317 g/mol. The first-order valence-corrected chi connectivity index (χ1v) is 6.84. The molecule has 3 aromatic heterocycles. The van der Waals surface area contributed by atoms with Gasteiger partial charge in [-0.25, -0.2) is 4.98 Å². The van der Waals surface area contributed by atoms with Crippen molar-refractivity contribution in [1.29, 1.82) is 0 Å². The third-order valence-electron chi connectivity index (χ3n) is 3.07. The van der Waals surface area contributed by atoms with Gasteiger partial charge in [0.05, 0.1) is 17.5 Å². The van der Waals surface area contributed by atoms with Crippen LogP contribution in [0.5, 0.6) is 11.6 Å². The maximum Gasteiger partial charge on any atom is 0.286 e. The summed E-state index contributed by atoms with van der Waals surface area (Å²) in [5, 5.41) is 3.83. The molecule has 5 nitrogen and oxygen atoms in total. The maximum atomic E-state index is 13.2. The number of aromatic nitrogens is 3. The predicted octanol–water partition coefficient (Wildman–Crippen LogP) is 4.34. The van der Waals surface area contributed by atoms with E-state index in [2.05, 4.69) is 15.1 Å². The number of halogens is 2. The number of ether oxygens (including phenoxy) is 1. The predicted molar refractivity (Wildman–Crippen MR) is 78.4 cm³/mol. The van der Waals surface area contributed by atoms with Crippen LogP contribution < -0.4 is 4.74 Å². The molecule has 118 valence electrons. The summed E-state index contributed by atoms with van der Waals surface area (Å²) >= 11 is 0. The van der Waals surface area contributed by atoms with Crippen LogP contribution in [-0.2, 0) is 5.92 Å². The van der Waals surface area contributed by atoms with E-state index in [0.717, 1.165) is 12.6 Å². The molecule has 0 aromatic carbocycles. The molecule has 0 aliphatic carbocycles. The topological polar surface area (TPSA) is 61.0 Å². The lowest BCUT2D eigenvalue weighted by atomic mass is 10.2. The summed E-state index contributed by atoms with van der Waals surface area (Å²) in [6.45, 7) is 2.59. The van der Waals surface area contributed by atoms with Gasteiger partial charge in [0, 0.05) is 19.2 Å². The number of pyridine rings is 2. The van der Waals surface area contributed by atoms with Crippen LogP contribution in [0, 0.1) is 6.92 Å². The van der Waals surface area contributed by atoms with E-state index >= 15 is 0 Å². The number of alkyl halides is 2. The molecule has 0 N–H and O–H groups in total. The standard InChI is InChI=1S/C16H13F2N3O2/c1-10-8-13(23-21-10)12-4-3-7-19-15(12)22-11-5-6-14(20-9-11)16(2,17)18/h3-9H,1-2H3. The van der Waals surface area contributed by atoms with Crippen LogP contribution in [0.4, 0.5) is 8.78 Å². The van der Waals surface area contributed by atoms with Crippen molar-refractivity contribution in [3.63, 3.8) is 0 Å². The van der Waals surface area contributed by atoms with Crippen LogP contribution in [-0.4, -0.2) is 15.1 Å². The average Bonchev–Trinajstić information content (AvgIpc) is 2.94. The lowest BCUT2D eigenvalue weighted by Gasteiger charge is -2.11. The van der Waals surface area contributed by atoms with Gasteiger partial charge in [0.25, 0.3) is 5.92 Å².